The van der Waals surface area contributed by atoms with E-state index in [0.29, 0.717) is 5.92 Å². The first-order valence-corrected chi connectivity index (χ1v) is 9.27. The number of aromatic carboxylic acids is 1. The molecule has 1 aliphatic rings. The lowest BCUT2D eigenvalue weighted by atomic mass is 10.0. The molecule has 4 nitrogen and oxygen atoms in total. The van der Waals surface area contributed by atoms with E-state index in [1.165, 1.54) is 51.4 Å². The van der Waals surface area contributed by atoms with E-state index in [9.17, 15) is 4.79 Å². The zero-order valence-corrected chi connectivity index (χ0v) is 14.7. The molecule has 0 bridgehead atoms. The molecular weight excluding hydrogens is 304 g/mol. The predicted octanol–water partition coefficient (Wildman–Crippen LogP) is 5.19. The summed E-state index contributed by atoms with van der Waals surface area (Å²) in [4.78, 5) is 10.9. The van der Waals surface area contributed by atoms with E-state index in [1.54, 1.807) is 24.3 Å². The predicted molar refractivity (Wildman–Crippen MR) is 94.1 cm³/mol. The molecule has 1 aliphatic heterocycles. The quantitative estimate of drug-likeness (QED) is 0.598. The Bertz CT molecular complexity index is 475. The van der Waals surface area contributed by atoms with Crippen molar-refractivity contribution in [3.8, 4) is 0 Å². The Morgan fingerprint density at radius 3 is 2.17 bits per heavy atom. The van der Waals surface area contributed by atoms with E-state index in [1.807, 2.05) is 0 Å². The van der Waals surface area contributed by atoms with Crippen LogP contribution in [0, 0.1) is 5.92 Å². The van der Waals surface area contributed by atoms with E-state index >= 15 is 0 Å². The van der Waals surface area contributed by atoms with Crippen LogP contribution in [0.5, 0.6) is 0 Å². The highest BCUT2D eigenvalue weighted by molar-refractivity contribution is 5.87. The second kappa shape index (κ2) is 10.5. The average molecular weight is 334 g/mol. The van der Waals surface area contributed by atoms with Crippen LogP contribution in [0.25, 0.3) is 0 Å². The van der Waals surface area contributed by atoms with E-state index in [0.717, 1.165) is 18.8 Å². The van der Waals surface area contributed by atoms with Crippen LogP contribution in [0.15, 0.2) is 24.3 Å². The third-order valence-corrected chi connectivity index (χ3v) is 4.61. The molecule has 0 saturated carbocycles. The molecule has 1 aromatic rings. The third kappa shape index (κ3) is 6.25. The Morgan fingerprint density at radius 1 is 1.00 bits per heavy atom. The minimum atomic E-state index is -0.915. The SMILES string of the molecule is CCCCCCCCCC1COC(c2ccc(C(=O)O)cc2)OC1. The van der Waals surface area contributed by atoms with E-state index in [2.05, 4.69) is 6.92 Å². The normalized spacial score (nSPS) is 20.9. The largest absolute Gasteiger partial charge is 0.478 e. The van der Waals surface area contributed by atoms with Gasteiger partial charge >= 0.3 is 5.97 Å². The Balaban J connectivity index is 1.62. The molecule has 0 unspecified atom stereocenters. The summed E-state index contributed by atoms with van der Waals surface area (Å²) >= 11 is 0. The summed E-state index contributed by atoms with van der Waals surface area (Å²) in [5, 5.41) is 8.92. The van der Waals surface area contributed by atoms with Gasteiger partial charge in [-0.15, -0.1) is 0 Å². The average Bonchev–Trinajstić information content (AvgIpc) is 2.61. The van der Waals surface area contributed by atoms with Crippen molar-refractivity contribution in [2.45, 2.75) is 64.6 Å². The van der Waals surface area contributed by atoms with Gasteiger partial charge in [0.25, 0.3) is 0 Å². The lowest BCUT2D eigenvalue weighted by Crippen LogP contribution is -2.27. The van der Waals surface area contributed by atoms with Crippen molar-refractivity contribution in [3.63, 3.8) is 0 Å². The van der Waals surface area contributed by atoms with E-state index in [-0.39, 0.29) is 11.9 Å². The summed E-state index contributed by atoms with van der Waals surface area (Å²) in [6.07, 6.45) is 10.1. The van der Waals surface area contributed by atoms with Gasteiger partial charge in [-0.1, -0.05) is 64.0 Å². The molecule has 0 aromatic heterocycles. The van der Waals surface area contributed by atoms with Gasteiger partial charge in [-0.2, -0.15) is 0 Å². The molecule has 0 aliphatic carbocycles. The standard InChI is InChI=1S/C20H30O4/c1-2-3-4-5-6-7-8-9-16-14-23-20(24-15-16)18-12-10-17(11-13-18)19(21)22/h10-13,16,20H,2-9,14-15H2,1H3,(H,21,22). The van der Waals surface area contributed by atoms with Crippen LogP contribution in [0.1, 0.15) is 80.5 Å². The van der Waals surface area contributed by atoms with Gasteiger partial charge in [0.1, 0.15) is 0 Å². The molecule has 1 heterocycles. The number of carbonyl (C=O) groups is 1. The molecule has 24 heavy (non-hydrogen) atoms. The molecule has 0 atom stereocenters. The summed E-state index contributed by atoms with van der Waals surface area (Å²) in [7, 11) is 0. The van der Waals surface area contributed by atoms with Crippen LogP contribution < -0.4 is 0 Å². The highest BCUT2D eigenvalue weighted by atomic mass is 16.7. The zero-order chi connectivity index (χ0) is 17.2. The van der Waals surface area contributed by atoms with Gasteiger partial charge in [0, 0.05) is 11.5 Å². The minimum absolute atomic E-state index is 0.284. The highest BCUT2D eigenvalue weighted by Crippen LogP contribution is 2.27. The number of unbranched alkanes of at least 4 members (excludes halogenated alkanes) is 6. The van der Waals surface area contributed by atoms with Crippen LogP contribution in [0.2, 0.25) is 0 Å². The first kappa shape index (κ1) is 18.9. The second-order valence-corrected chi connectivity index (χ2v) is 6.70. The molecule has 0 spiro atoms. The zero-order valence-electron chi connectivity index (χ0n) is 14.7. The van der Waals surface area contributed by atoms with Crippen molar-refractivity contribution < 1.29 is 19.4 Å². The molecule has 1 N–H and O–H groups in total. The summed E-state index contributed by atoms with van der Waals surface area (Å²) in [6.45, 7) is 3.69. The molecular formula is C20H30O4. The molecule has 1 fully saturated rings. The maximum atomic E-state index is 10.9. The first-order chi connectivity index (χ1) is 11.7. The lowest BCUT2D eigenvalue weighted by molar-refractivity contribution is -0.206. The summed E-state index contributed by atoms with van der Waals surface area (Å²) < 4.78 is 11.6. The fraction of sp³-hybridized carbons (Fsp3) is 0.650. The van der Waals surface area contributed by atoms with Crippen LogP contribution in [0.3, 0.4) is 0 Å². The molecule has 134 valence electrons. The lowest BCUT2D eigenvalue weighted by Gasteiger charge is -2.29. The topological polar surface area (TPSA) is 55.8 Å². The van der Waals surface area contributed by atoms with Gasteiger partial charge in [-0.3, -0.25) is 0 Å². The first-order valence-electron chi connectivity index (χ1n) is 9.27. The number of benzene rings is 1. The van der Waals surface area contributed by atoms with Crippen LogP contribution in [0.4, 0.5) is 0 Å². The number of hydrogen-bond acceptors (Lipinski definition) is 3. The highest BCUT2D eigenvalue weighted by Gasteiger charge is 2.23. The van der Waals surface area contributed by atoms with Crippen LogP contribution in [-0.4, -0.2) is 24.3 Å². The van der Waals surface area contributed by atoms with E-state index < -0.39 is 5.97 Å². The third-order valence-electron chi connectivity index (χ3n) is 4.61. The Kier molecular flexibility index (Phi) is 8.26. The fourth-order valence-electron chi connectivity index (χ4n) is 3.08. The van der Waals surface area contributed by atoms with Crippen molar-refractivity contribution >= 4 is 5.97 Å². The maximum Gasteiger partial charge on any atom is 0.335 e. The van der Waals surface area contributed by atoms with Gasteiger partial charge in [-0.05, 0) is 18.6 Å². The van der Waals surface area contributed by atoms with Crippen LogP contribution in [-0.2, 0) is 9.47 Å². The summed E-state index contributed by atoms with van der Waals surface area (Å²) in [5.74, 6) is -0.433. The van der Waals surface area contributed by atoms with Crippen LogP contribution >= 0.6 is 0 Å². The monoisotopic (exact) mass is 334 g/mol. The molecule has 1 aromatic carbocycles. The molecule has 0 amide bonds. The molecule has 2 rings (SSSR count). The fourth-order valence-corrected chi connectivity index (χ4v) is 3.08. The second-order valence-electron chi connectivity index (χ2n) is 6.70. The smallest absolute Gasteiger partial charge is 0.335 e. The van der Waals surface area contributed by atoms with Gasteiger partial charge in [0.05, 0.1) is 18.8 Å². The number of carboxylic acids is 1. The van der Waals surface area contributed by atoms with E-state index in [4.69, 9.17) is 14.6 Å². The summed E-state index contributed by atoms with van der Waals surface area (Å²) in [6, 6.07) is 6.72. The minimum Gasteiger partial charge on any atom is -0.478 e. The number of carboxylic acid groups (broad SMARTS) is 1. The van der Waals surface area contributed by atoms with Crippen molar-refractivity contribution in [1.29, 1.82) is 0 Å². The number of rotatable bonds is 10. The molecule has 0 radical (unpaired) electrons. The van der Waals surface area contributed by atoms with Crippen molar-refractivity contribution in [3.05, 3.63) is 35.4 Å². The van der Waals surface area contributed by atoms with Crippen molar-refractivity contribution in [2.24, 2.45) is 5.92 Å². The van der Waals surface area contributed by atoms with Crippen molar-refractivity contribution in [1.82, 2.24) is 0 Å². The Labute approximate surface area is 145 Å². The Morgan fingerprint density at radius 2 is 1.58 bits per heavy atom. The van der Waals surface area contributed by atoms with Gasteiger partial charge < -0.3 is 14.6 Å². The maximum absolute atomic E-state index is 10.9. The molecule has 4 heteroatoms. The van der Waals surface area contributed by atoms with Gasteiger partial charge in [0.15, 0.2) is 6.29 Å². The van der Waals surface area contributed by atoms with Gasteiger partial charge in [0.2, 0.25) is 0 Å². The molecule has 1 saturated heterocycles. The number of hydrogen-bond donors (Lipinski definition) is 1. The Hall–Kier alpha value is -1.39. The van der Waals surface area contributed by atoms with Crippen molar-refractivity contribution in [2.75, 3.05) is 13.2 Å². The summed E-state index contributed by atoms with van der Waals surface area (Å²) in [5.41, 5.74) is 1.17. The van der Waals surface area contributed by atoms with Gasteiger partial charge in [-0.25, -0.2) is 4.79 Å². The number of ether oxygens (including phenoxy) is 2.